The third-order valence-corrected chi connectivity index (χ3v) is 15.0. The summed E-state index contributed by atoms with van der Waals surface area (Å²) in [5.41, 5.74) is 22.1. The van der Waals surface area contributed by atoms with Crippen LogP contribution >= 0.6 is 0 Å². The average Bonchev–Trinajstić information content (AvgIpc) is 3.92. The molecule has 0 amide bonds. The van der Waals surface area contributed by atoms with Gasteiger partial charge in [0.1, 0.15) is 0 Å². The van der Waals surface area contributed by atoms with Crippen molar-refractivity contribution >= 4 is 49.6 Å². The molecule has 64 heavy (non-hydrogen) atoms. The van der Waals surface area contributed by atoms with Gasteiger partial charge in [-0.25, -0.2) is 0 Å². The highest BCUT2D eigenvalue weighted by Gasteiger charge is 2.50. The van der Waals surface area contributed by atoms with Crippen molar-refractivity contribution in [2.75, 3.05) is 4.90 Å². The lowest BCUT2D eigenvalue weighted by atomic mass is 9.61. The normalized spacial score (nSPS) is 15.8. The maximum atomic E-state index is 2.56. The van der Waals surface area contributed by atoms with Gasteiger partial charge >= 0.3 is 0 Å². The minimum Gasteiger partial charge on any atom is -0.310 e. The van der Waals surface area contributed by atoms with Crippen LogP contribution in [0.4, 0.5) is 17.1 Å². The van der Waals surface area contributed by atoms with Crippen molar-refractivity contribution in [3.05, 3.63) is 252 Å². The van der Waals surface area contributed by atoms with Gasteiger partial charge in [-0.05, 0) is 121 Å². The van der Waals surface area contributed by atoms with Crippen LogP contribution in [0.1, 0.15) is 47.2 Å². The van der Waals surface area contributed by atoms with Gasteiger partial charge < -0.3 is 9.47 Å². The van der Waals surface area contributed by atoms with Crippen LogP contribution in [0.5, 0.6) is 0 Å². The van der Waals surface area contributed by atoms with Gasteiger partial charge in [0.05, 0.1) is 22.1 Å². The summed E-state index contributed by atoms with van der Waals surface area (Å²) in [6.07, 6.45) is 0. The second-order valence-corrected chi connectivity index (χ2v) is 18.4. The highest BCUT2D eigenvalue weighted by molar-refractivity contribution is 6.11. The van der Waals surface area contributed by atoms with E-state index in [1.54, 1.807) is 0 Å². The molecular weight excluding hydrogens is 773 g/mol. The molecule has 0 aliphatic heterocycles. The molecular formula is C62H42N2. The third kappa shape index (κ3) is 4.49. The summed E-state index contributed by atoms with van der Waals surface area (Å²) in [4.78, 5) is 2.56. The first kappa shape index (κ1) is 35.6. The molecule has 1 aromatic heterocycles. The summed E-state index contributed by atoms with van der Waals surface area (Å²) in [6, 6.07) is 82.2. The summed E-state index contributed by atoms with van der Waals surface area (Å²) in [5.74, 6) is 0. The van der Waals surface area contributed by atoms with E-state index in [4.69, 9.17) is 0 Å². The van der Waals surface area contributed by atoms with Crippen LogP contribution in [0.15, 0.2) is 218 Å². The SMILES string of the molecule is CC1(C)c2ccccc2-c2c(N(c3ccc4c(c3)C3(c5ccccc5-4)c4ccccc4-c4cccc5cccc3c45)c3ccc4c5ccccc5n(-c5ccccc5)c4c3)cccc21. The number of hydrogen-bond acceptors (Lipinski definition) is 1. The Bertz CT molecular complexity index is 3770. The molecule has 2 heteroatoms. The molecule has 2 nitrogen and oxygen atoms in total. The number of anilines is 3. The van der Waals surface area contributed by atoms with Crippen molar-refractivity contribution < 1.29 is 0 Å². The highest BCUT2D eigenvalue weighted by atomic mass is 15.1. The number of benzene rings is 10. The standard InChI is InChI=1S/C62H42N2/c1-61(2)50-26-10-8-24-49(50)60-53(61)29-16-32-57(60)63(42-34-36-47-46-23-9-13-31-56(46)64(58(47)38-42)40-19-4-3-5-20-40)41-33-35-45-43-21-6-11-27-51(43)62(55(45)37-41)52-28-12-7-22-44(52)48-25-14-17-39-18-15-30-54(62)59(39)48/h3-38H,1-2H3. The van der Waals surface area contributed by atoms with Crippen LogP contribution in [-0.4, -0.2) is 4.57 Å². The number of para-hydroxylation sites is 2. The Morgan fingerprint density at radius 3 is 1.75 bits per heavy atom. The van der Waals surface area contributed by atoms with Gasteiger partial charge in [0.2, 0.25) is 0 Å². The van der Waals surface area contributed by atoms with Crippen molar-refractivity contribution in [3.63, 3.8) is 0 Å². The first-order valence-electron chi connectivity index (χ1n) is 22.5. The quantitative estimate of drug-likeness (QED) is 0.172. The highest BCUT2D eigenvalue weighted by Crippen LogP contribution is 2.63. The van der Waals surface area contributed by atoms with Crippen LogP contribution in [0.25, 0.3) is 71.6 Å². The van der Waals surface area contributed by atoms with Crippen LogP contribution in [0.3, 0.4) is 0 Å². The van der Waals surface area contributed by atoms with Crippen molar-refractivity contribution in [2.24, 2.45) is 0 Å². The van der Waals surface area contributed by atoms with E-state index in [1.807, 2.05) is 0 Å². The van der Waals surface area contributed by atoms with E-state index in [9.17, 15) is 0 Å². The number of nitrogens with zero attached hydrogens (tertiary/aromatic N) is 2. The molecule has 3 aliphatic carbocycles. The van der Waals surface area contributed by atoms with E-state index in [2.05, 4.69) is 242 Å². The van der Waals surface area contributed by atoms with E-state index in [-0.39, 0.29) is 5.41 Å². The summed E-state index contributed by atoms with van der Waals surface area (Å²) >= 11 is 0. The molecule has 0 N–H and O–H groups in total. The smallest absolute Gasteiger partial charge is 0.0726 e. The third-order valence-electron chi connectivity index (χ3n) is 15.0. The number of hydrogen-bond donors (Lipinski definition) is 0. The molecule has 1 spiro atoms. The minimum atomic E-state index is -0.533. The van der Waals surface area contributed by atoms with Crippen LogP contribution in [-0.2, 0) is 10.8 Å². The van der Waals surface area contributed by atoms with E-state index in [1.165, 1.54) is 105 Å². The Morgan fingerprint density at radius 2 is 0.938 bits per heavy atom. The molecule has 10 aromatic carbocycles. The van der Waals surface area contributed by atoms with Gasteiger partial charge in [0, 0.05) is 38.8 Å². The monoisotopic (exact) mass is 814 g/mol. The maximum Gasteiger partial charge on any atom is 0.0726 e. The Kier molecular flexibility index (Phi) is 7.13. The Morgan fingerprint density at radius 1 is 0.375 bits per heavy atom. The van der Waals surface area contributed by atoms with Gasteiger partial charge in [-0.15, -0.1) is 0 Å². The Balaban J connectivity index is 1.10. The van der Waals surface area contributed by atoms with Crippen LogP contribution < -0.4 is 4.90 Å². The van der Waals surface area contributed by atoms with Gasteiger partial charge in [-0.3, -0.25) is 0 Å². The average molecular weight is 815 g/mol. The van der Waals surface area contributed by atoms with Crippen molar-refractivity contribution in [2.45, 2.75) is 24.7 Å². The second-order valence-electron chi connectivity index (χ2n) is 18.4. The number of aromatic nitrogens is 1. The first-order chi connectivity index (χ1) is 31.5. The zero-order valence-electron chi connectivity index (χ0n) is 35.7. The summed E-state index contributed by atoms with van der Waals surface area (Å²) in [7, 11) is 0. The van der Waals surface area contributed by atoms with Crippen LogP contribution in [0.2, 0.25) is 0 Å². The van der Waals surface area contributed by atoms with Gasteiger partial charge in [0.15, 0.2) is 0 Å². The molecule has 1 heterocycles. The van der Waals surface area contributed by atoms with Crippen molar-refractivity contribution in [1.82, 2.24) is 4.57 Å². The summed E-state index contributed by atoms with van der Waals surface area (Å²) in [5, 5.41) is 5.10. The van der Waals surface area contributed by atoms with Crippen LogP contribution in [0, 0.1) is 0 Å². The number of rotatable bonds is 4. The van der Waals surface area contributed by atoms with E-state index in [0.717, 1.165) is 17.1 Å². The fourth-order valence-electron chi connectivity index (χ4n) is 12.4. The Hall–Kier alpha value is -7.94. The van der Waals surface area contributed by atoms with E-state index in [0.29, 0.717) is 0 Å². The molecule has 3 aliphatic rings. The molecule has 0 bridgehead atoms. The zero-order valence-corrected chi connectivity index (χ0v) is 35.7. The van der Waals surface area contributed by atoms with E-state index < -0.39 is 5.41 Å². The van der Waals surface area contributed by atoms with Gasteiger partial charge in [0.25, 0.3) is 0 Å². The second kappa shape index (κ2) is 12.8. The molecule has 300 valence electrons. The molecule has 0 saturated carbocycles. The van der Waals surface area contributed by atoms with Crippen molar-refractivity contribution in [1.29, 1.82) is 0 Å². The van der Waals surface area contributed by atoms with Gasteiger partial charge in [-0.2, -0.15) is 0 Å². The first-order valence-corrected chi connectivity index (χ1v) is 22.5. The molecule has 1 unspecified atom stereocenters. The molecule has 14 rings (SSSR count). The molecule has 0 saturated heterocycles. The zero-order chi connectivity index (χ0) is 42.3. The molecule has 0 radical (unpaired) electrons. The van der Waals surface area contributed by atoms with E-state index >= 15 is 0 Å². The fourth-order valence-corrected chi connectivity index (χ4v) is 12.4. The topological polar surface area (TPSA) is 8.17 Å². The predicted molar refractivity (Wildman–Crippen MR) is 267 cm³/mol. The lowest BCUT2D eigenvalue weighted by Crippen LogP contribution is -2.32. The predicted octanol–water partition coefficient (Wildman–Crippen LogP) is 16.1. The Labute approximate surface area is 372 Å². The lowest BCUT2D eigenvalue weighted by Gasteiger charge is -2.40. The summed E-state index contributed by atoms with van der Waals surface area (Å²) < 4.78 is 2.44. The molecule has 0 fully saturated rings. The lowest BCUT2D eigenvalue weighted by molar-refractivity contribution is 0.660. The molecule has 11 aromatic rings. The maximum absolute atomic E-state index is 2.56. The number of fused-ring (bicyclic) bond motifs is 15. The summed E-state index contributed by atoms with van der Waals surface area (Å²) in [6.45, 7) is 4.76. The van der Waals surface area contributed by atoms with Gasteiger partial charge in [-0.1, -0.05) is 184 Å². The minimum absolute atomic E-state index is 0.154. The fraction of sp³-hybridized carbons (Fsp3) is 0.0645. The largest absolute Gasteiger partial charge is 0.310 e. The van der Waals surface area contributed by atoms with Crippen molar-refractivity contribution in [3.8, 4) is 39.1 Å². The molecule has 1 atom stereocenters.